The van der Waals surface area contributed by atoms with Crippen LogP contribution in [0.4, 0.5) is 4.79 Å². The number of hydrogen-bond donors (Lipinski definition) is 0. The minimum absolute atomic E-state index is 0.291. The Morgan fingerprint density at radius 3 is 2.48 bits per heavy atom. The van der Waals surface area contributed by atoms with Gasteiger partial charge in [-0.05, 0) is 19.3 Å². The summed E-state index contributed by atoms with van der Waals surface area (Å²) in [7, 11) is 3.26. The van der Waals surface area contributed by atoms with Gasteiger partial charge in [0.25, 0.3) is 0 Å². The van der Waals surface area contributed by atoms with E-state index in [1.165, 1.54) is 9.80 Å². The zero-order chi connectivity index (χ0) is 15.5. The van der Waals surface area contributed by atoms with Gasteiger partial charge in [-0.3, -0.25) is 9.69 Å². The number of Topliss-reactive ketones (excluding diaryl/α,β-unsaturated/α-hetero) is 1. The number of benzene rings is 1. The Labute approximate surface area is 124 Å². The highest BCUT2D eigenvalue weighted by Gasteiger charge is 2.49. The third-order valence-corrected chi connectivity index (χ3v) is 3.84. The van der Waals surface area contributed by atoms with Crippen LogP contribution < -0.4 is 0 Å². The average Bonchev–Trinajstić information content (AvgIpc) is 2.54. The highest BCUT2D eigenvalue weighted by Crippen LogP contribution is 2.32. The van der Waals surface area contributed by atoms with Crippen LogP contribution in [0.25, 0.3) is 0 Å². The van der Waals surface area contributed by atoms with Gasteiger partial charge in [0, 0.05) is 26.2 Å². The van der Waals surface area contributed by atoms with Crippen molar-refractivity contribution >= 4 is 11.8 Å². The lowest BCUT2D eigenvalue weighted by Gasteiger charge is -2.42. The standard InChI is InChI=1S/C16H19N3O2/c1-18(2)15(21)19-11-7-6-10-16(19,12-17)14(20)13-8-4-3-5-9-13/h3-5,8-9H,6-7,10-11H2,1-2H3. The van der Waals surface area contributed by atoms with E-state index >= 15 is 0 Å². The maximum Gasteiger partial charge on any atom is 0.321 e. The fourth-order valence-electron chi connectivity index (χ4n) is 2.71. The number of likely N-dealkylation sites (tertiary alicyclic amines) is 1. The van der Waals surface area contributed by atoms with Crippen LogP contribution in [0.5, 0.6) is 0 Å². The Hall–Kier alpha value is -2.35. The predicted octanol–water partition coefficient (Wildman–Crippen LogP) is 2.30. The molecule has 0 saturated carbocycles. The van der Waals surface area contributed by atoms with E-state index in [0.717, 1.165) is 12.8 Å². The molecule has 1 heterocycles. The zero-order valence-corrected chi connectivity index (χ0v) is 12.4. The molecule has 0 spiro atoms. The minimum Gasteiger partial charge on any atom is -0.331 e. The van der Waals surface area contributed by atoms with Gasteiger partial charge in [-0.25, -0.2) is 4.79 Å². The van der Waals surface area contributed by atoms with E-state index < -0.39 is 5.54 Å². The molecule has 0 aliphatic carbocycles. The number of piperidine rings is 1. The minimum atomic E-state index is -1.39. The number of carbonyl (C=O) groups excluding carboxylic acids is 2. The van der Waals surface area contributed by atoms with Gasteiger partial charge in [-0.1, -0.05) is 30.3 Å². The maximum absolute atomic E-state index is 12.9. The zero-order valence-electron chi connectivity index (χ0n) is 12.4. The topological polar surface area (TPSA) is 64.4 Å². The van der Waals surface area contributed by atoms with E-state index in [1.807, 2.05) is 6.07 Å². The number of ketones is 1. The number of hydrogen-bond acceptors (Lipinski definition) is 3. The highest BCUT2D eigenvalue weighted by molar-refractivity contribution is 6.07. The largest absolute Gasteiger partial charge is 0.331 e. The van der Waals surface area contributed by atoms with Crippen LogP contribution >= 0.6 is 0 Å². The van der Waals surface area contributed by atoms with Gasteiger partial charge in [0.1, 0.15) is 0 Å². The molecule has 0 N–H and O–H groups in total. The SMILES string of the molecule is CN(C)C(=O)N1CCCCC1(C#N)C(=O)c1ccccc1. The van der Waals surface area contributed by atoms with Gasteiger partial charge in [-0.2, -0.15) is 5.26 Å². The maximum atomic E-state index is 12.9. The molecule has 0 radical (unpaired) electrons. The normalized spacial score (nSPS) is 21.5. The highest BCUT2D eigenvalue weighted by atomic mass is 16.2. The number of nitrogens with zero attached hydrogens (tertiary/aromatic N) is 3. The third kappa shape index (κ3) is 2.62. The van der Waals surface area contributed by atoms with Crippen molar-refractivity contribution in [3.8, 4) is 6.07 Å². The molecule has 1 unspecified atom stereocenters. The predicted molar refractivity (Wildman–Crippen MR) is 78.8 cm³/mol. The first-order valence-electron chi connectivity index (χ1n) is 7.03. The van der Waals surface area contributed by atoms with Gasteiger partial charge in [0.15, 0.2) is 5.54 Å². The molecule has 5 heteroatoms. The smallest absolute Gasteiger partial charge is 0.321 e. The molecule has 110 valence electrons. The second-order valence-electron chi connectivity index (χ2n) is 5.45. The molecule has 0 aromatic heterocycles. The summed E-state index contributed by atoms with van der Waals surface area (Å²) in [5.41, 5.74) is -0.918. The van der Waals surface area contributed by atoms with Crippen LogP contribution in [0.3, 0.4) is 0 Å². The van der Waals surface area contributed by atoms with Gasteiger partial charge in [0.05, 0.1) is 6.07 Å². The number of urea groups is 1. The van der Waals surface area contributed by atoms with Crippen molar-refractivity contribution in [3.05, 3.63) is 35.9 Å². The first kappa shape index (κ1) is 15.0. The average molecular weight is 285 g/mol. The Morgan fingerprint density at radius 1 is 1.24 bits per heavy atom. The van der Waals surface area contributed by atoms with Crippen LogP contribution in [0.1, 0.15) is 29.6 Å². The van der Waals surface area contributed by atoms with Gasteiger partial charge < -0.3 is 4.90 Å². The van der Waals surface area contributed by atoms with Crippen molar-refractivity contribution in [1.82, 2.24) is 9.80 Å². The van der Waals surface area contributed by atoms with Crippen LogP contribution in [-0.2, 0) is 0 Å². The molecular weight excluding hydrogens is 266 g/mol. The molecule has 0 bridgehead atoms. The van der Waals surface area contributed by atoms with E-state index in [4.69, 9.17) is 0 Å². The van der Waals surface area contributed by atoms with Crippen molar-refractivity contribution in [2.24, 2.45) is 0 Å². The second-order valence-corrected chi connectivity index (χ2v) is 5.45. The molecule has 21 heavy (non-hydrogen) atoms. The van der Waals surface area contributed by atoms with Crippen molar-refractivity contribution in [2.75, 3.05) is 20.6 Å². The molecule has 1 fully saturated rings. The first-order valence-corrected chi connectivity index (χ1v) is 7.03. The molecule has 2 rings (SSSR count). The summed E-state index contributed by atoms with van der Waals surface area (Å²) in [6, 6.07) is 10.6. The third-order valence-electron chi connectivity index (χ3n) is 3.84. The molecule has 1 atom stereocenters. The summed E-state index contributed by atoms with van der Waals surface area (Å²) in [5.74, 6) is -0.291. The van der Waals surface area contributed by atoms with E-state index in [2.05, 4.69) is 6.07 Å². The Morgan fingerprint density at radius 2 is 1.90 bits per heavy atom. The van der Waals surface area contributed by atoms with Crippen molar-refractivity contribution in [3.63, 3.8) is 0 Å². The summed E-state index contributed by atoms with van der Waals surface area (Å²) in [4.78, 5) is 28.0. The van der Waals surface area contributed by atoms with Gasteiger partial charge >= 0.3 is 6.03 Å². The van der Waals surface area contributed by atoms with E-state index in [-0.39, 0.29) is 11.8 Å². The molecular formula is C16H19N3O2. The molecule has 1 aromatic carbocycles. The summed E-state index contributed by atoms with van der Waals surface area (Å²) in [6.45, 7) is 0.434. The van der Waals surface area contributed by atoms with E-state index in [0.29, 0.717) is 18.5 Å². The quantitative estimate of drug-likeness (QED) is 0.783. The summed E-state index contributed by atoms with van der Waals surface area (Å²) in [5, 5.41) is 9.69. The van der Waals surface area contributed by atoms with E-state index in [1.54, 1.807) is 38.4 Å². The lowest BCUT2D eigenvalue weighted by molar-refractivity contribution is 0.0616. The lowest BCUT2D eigenvalue weighted by atomic mass is 9.81. The van der Waals surface area contributed by atoms with Crippen LogP contribution in [0.15, 0.2) is 30.3 Å². The monoisotopic (exact) mass is 285 g/mol. The molecule has 1 aliphatic rings. The Balaban J connectivity index is 2.44. The van der Waals surface area contributed by atoms with Gasteiger partial charge in [0.2, 0.25) is 5.78 Å². The van der Waals surface area contributed by atoms with Crippen molar-refractivity contribution in [2.45, 2.75) is 24.8 Å². The molecule has 1 aromatic rings. The fourth-order valence-corrected chi connectivity index (χ4v) is 2.71. The van der Waals surface area contributed by atoms with Crippen molar-refractivity contribution < 1.29 is 9.59 Å². The van der Waals surface area contributed by atoms with Gasteiger partial charge in [-0.15, -0.1) is 0 Å². The lowest BCUT2D eigenvalue weighted by Crippen LogP contribution is -2.60. The molecule has 2 amide bonds. The number of nitriles is 1. The number of carbonyl (C=O) groups is 2. The molecule has 5 nitrogen and oxygen atoms in total. The van der Waals surface area contributed by atoms with Crippen LogP contribution in [0, 0.1) is 11.3 Å². The Kier molecular flexibility index (Phi) is 4.27. The number of amides is 2. The summed E-state index contributed by atoms with van der Waals surface area (Å²) >= 11 is 0. The van der Waals surface area contributed by atoms with Crippen LogP contribution in [-0.4, -0.2) is 47.8 Å². The first-order chi connectivity index (χ1) is 10.0. The Bertz CT molecular complexity index is 577. The van der Waals surface area contributed by atoms with Crippen LogP contribution in [0.2, 0.25) is 0 Å². The van der Waals surface area contributed by atoms with Crippen molar-refractivity contribution in [1.29, 1.82) is 5.26 Å². The molecule has 1 saturated heterocycles. The summed E-state index contributed by atoms with van der Waals surface area (Å²) in [6.07, 6.45) is 1.96. The second kappa shape index (κ2) is 5.96. The summed E-state index contributed by atoms with van der Waals surface area (Å²) < 4.78 is 0. The fraction of sp³-hybridized carbons (Fsp3) is 0.438. The number of rotatable bonds is 2. The molecule has 1 aliphatic heterocycles. The van der Waals surface area contributed by atoms with E-state index in [9.17, 15) is 14.9 Å².